The predicted octanol–water partition coefficient (Wildman–Crippen LogP) is 21.4. The molecular formula is C80H56. The molecule has 0 unspecified atom stereocenters. The van der Waals surface area contributed by atoms with Crippen molar-refractivity contribution in [3.63, 3.8) is 0 Å². The maximum Gasteiger partial charge on any atom is 0.0714 e. The van der Waals surface area contributed by atoms with Crippen LogP contribution in [-0.2, 0) is 5.41 Å². The summed E-state index contributed by atoms with van der Waals surface area (Å²) in [5.41, 5.74) is 29.7. The number of fused-ring (bicyclic) bond motifs is 3. The monoisotopic (exact) mass is 1020 g/mol. The highest BCUT2D eigenvalue weighted by Gasteiger charge is 2.47. The molecule has 376 valence electrons. The van der Waals surface area contributed by atoms with Crippen molar-refractivity contribution in [2.75, 3.05) is 0 Å². The third-order valence-electron chi connectivity index (χ3n) is 16.4. The number of rotatable bonds is 11. The normalized spacial score (nSPS) is 12.2. The van der Waals surface area contributed by atoms with E-state index in [4.69, 9.17) is 0 Å². The average molecular weight is 1020 g/mol. The quantitative estimate of drug-likeness (QED) is 0.121. The summed E-state index contributed by atoms with van der Waals surface area (Å²) in [4.78, 5) is 0. The Morgan fingerprint density at radius 3 is 0.838 bits per heavy atom. The highest BCUT2D eigenvalue weighted by molar-refractivity contribution is 5.97. The first-order valence-electron chi connectivity index (χ1n) is 27.8. The molecule has 13 aromatic rings. The van der Waals surface area contributed by atoms with E-state index in [9.17, 15) is 0 Å². The maximum absolute atomic E-state index is 2.47. The lowest BCUT2D eigenvalue weighted by Crippen LogP contribution is -2.28. The van der Waals surface area contributed by atoms with Crippen LogP contribution < -0.4 is 0 Å². The van der Waals surface area contributed by atoms with E-state index >= 15 is 0 Å². The van der Waals surface area contributed by atoms with Gasteiger partial charge in [0.15, 0.2) is 0 Å². The number of aryl methyl sites for hydroxylation is 1. The van der Waals surface area contributed by atoms with Crippen molar-refractivity contribution in [1.29, 1.82) is 0 Å². The first-order chi connectivity index (χ1) is 39.5. The lowest BCUT2D eigenvalue weighted by Gasteiger charge is -2.35. The van der Waals surface area contributed by atoms with Crippen LogP contribution >= 0.6 is 0 Å². The van der Waals surface area contributed by atoms with E-state index in [1.54, 1.807) is 0 Å². The molecule has 0 radical (unpaired) electrons. The zero-order chi connectivity index (χ0) is 53.4. The average Bonchev–Trinajstić information content (AvgIpc) is 4.00. The van der Waals surface area contributed by atoms with Crippen LogP contribution in [0.4, 0.5) is 0 Å². The van der Waals surface area contributed by atoms with Crippen LogP contribution in [-0.4, -0.2) is 0 Å². The highest BCUT2D eigenvalue weighted by Crippen LogP contribution is 2.60. The molecule has 0 N–H and O–H groups in total. The third kappa shape index (κ3) is 8.78. The minimum atomic E-state index is -0.675. The summed E-state index contributed by atoms with van der Waals surface area (Å²) in [5.74, 6) is 0. The van der Waals surface area contributed by atoms with Crippen molar-refractivity contribution in [3.8, 4) is 111 Å². The number of benzene rings is 13. The Bertz CT molecular complexity index is 4050. The SMILES string of the molecule is Cc1cccc2c1-c1c(-c3ccccc3)cccc1C2(c1cccc(-c2cccc(-c3cc(-c4ccccc4)cc(-c4ccccc4)c3)c2)c1)c1cccc(-c2cccc(-c3cc(-c4ccccc4)cc(-c4ccccc4)c3)c2)c1. The molecule has 0 atom stereocenters. The molecule has 1 aliphatic rings. The Balaban J connectivity index is 0.941. The van der Waals surface area contributed by atoms with Crippen molar-refractivity contribution in [1.82, 2.24) is 0 Å². The van der Waals surface area contributed by atoms with Crippen molar-refractivity contribution < 1.29 is 0 Å². The molecule has 0 nitrogen and oxygen atoms in total. The van der Waals surface area contributed by atoms with Crippen LogP contribution in [0.1, 0.15) is 27.8 Å². The fourth-order valence-corrected chi connectivity index (χ4v) is 12.6. The van der Waals surface area contributed by atoms with Crippen molar-refractivity contribution >= 4 is 0 Å². The summed E-state index contributed by atoms with van der Waals surface area (Å²) in [5, 5.41) is 0. The van der Waals surface area contributed by atoms with Crippen LogP contribution in [0.25, 0.3) is 111 Å². The van der Waals surface area contributed by atoms with Crippen molar-refractivity contribution in [2.45, 2.75) is 12.3 Å². The highest BCUT2D eigenvalue weighted by atomic mass is 14.5. The zero-order valence-corrected chi connectivity index (χ0v) is 44.6. The Morgan fingerprint density at radius 1 is 0.188 bits per heavy atom. The van der Waals surface area contributed by atoms with Crippen LogP contribution in [0.5, 0.6) is 0 Å². The second-order valence-corrected chi connectivity index (χ2v) is 21.2. The smallest absolute Gasteiger partial charge is 0.0622 e. The van der Waals surface area contributed by atoms with Crippen LogP contribution in [0.15, 0.2) is 322 Å². The topological polar surface area (TPSA) is 0 Å². The van der Waals surface area contributed by atoms with Gasteiger partial charge in [0, 0.05) is 0 Å². The fraction of sp³-hybridized carbons (Fsp3) is 0.0250. The molecule has 0 bridgehead atoms. The minimum absolute atomic E-state index is 0.675. The van der Waals surface area contributed by atoms with Gasteiger partial charge in [0.2, 0.25) is 0 Å². The molecule has 13 aromatic carbocycles. The third-order valence-corrected chi connectivity index (χ3v) is 16.4. The van der Waals surface area contributed by atoms with Gasteiger partial charge in [-0.25, -0.2) is 0 Å². The van der Waals surface area contributed by atoms with Gasteiger partial charge in [-0.1, -0.05) is 261 Å². The maximum atomic E-state index is 2.47. The number of hydrogen-bond donors (Lipinski definition) is 0. The minimum Gasteiger partial charge on any atom is -0.0622 e. The number of hydrogen-bond acceptors (Lipinski definition) is 0. The molecule has 14 rings (SSSR count). The van der Waals surface area contributed by atoms with Gasteiger partial charge in [0.25, 0.3) is 0 Å². The van der Waals surface area contributed by atoms with Gasteiger partial charge in [-0.15, -0.1) is 0 Å². The van der Waals surface area contributed by atoms with E-state index in [-0.39, 0.29) is 0 Å². The first kappa shape index (κ1) is 48.2. The van der Waals surface area contributed by atoms with Gasteiger partial charge < -0.3 is 0 Å². The summed E-state index contributed by atoms with van der Waals surface area (Å²) in [6.07, 6.45) is 0. The lowest BCUT2D eigenvalue weighted by molar-refractivity contribution is 0.769. The van der Waals surface area contributed by atoms with Gasteiger partial charge in [-0.2, -0.15) is 0 Å². The van der Waals surface area contributed by atoms with Crippen LogP contribution in [0.3, 0.4) is 0 Å². The molecule has 0 fully saturated rings. The molecule has 0 aliphatic heterocycles. The molecule has 0 saturated carbocycles. The van der Waals surface area contributed by atoms with E-state index in [1.807, 2.05) is 0 Å². The van der Waals surface area contributed by atoms with Crippen LogP contribution in [0.2, 0.25) is 0 Å². The lowest BCUT2D eigenvalue weighted by atomic mass is 9.66. The molecule has 0 heterocycles. The summed E-state index contributed by atoms with van der Waals surface area (Å²) < 4.78 is 0. The van der Waals surface area contributed by atoms with Crippen molar-refractivity contribution in [3.05, 3.63) is 349 Å². The Labute approximate surface area is 470 Å². The second kappa shape index (κ2) is 20.7. The van der Waals surface area contributed by atoms with E-state index < -0.39 is 5.41 Å². The molecule has 80 heavy (non-hydrogen) atoms. The summed E-state index contributed by atoms with van der Waals surface area (Å²) in [6, 6.07) is 119. The fourth-order valence-electron chi connectivity index (χ4n) is 12.6. The predicted molar refractivity (Wildman–Crippen MR) is 337 cm³/mol. The van der Waals surface area contributed by atoms with Gasteiger partial charge >= 0.3 is 0 Å². The molecule has 0 heteroatoms. The van der Waals surface area contributed by atoms with Gasteiger partial charge in [0.05, 0.1) is 5.41 Å². The van der Waals surface area contributed by atoms with E-state index in [0.717, 1.165) is 0 Å². The summed E-state index contributed by atoms with van der Waals surface area (Å²) in [7, 11) is 0. The summed E-state index contributed by atoms with van der Waals surface area (Å²) in [6.45, 7) is 2.29. The van der Waals surface area contributed by atoms with Gasteiger partial charge in [-0.3, -0.25) is 0 Å². The van der Waals surface area contributed by atoms with Gasteiger partial charge in [0.1, 0.15) is 0 Å². The van der Waals surface area contributed by atoms with E-state index in [2.05, 4.69) is 328 Å². The zero-order valence-electron chi connectivity index (χ0n) is 44.6. The van der Waals surface area contributed by atoms with Crippen molar-refractivity contribution in [2.24, 2.45) is 0 Å². The van der Waals surface area contributed by atoms with E-state index in [1.165, 1.54) is 139 Å². The molecule has 1 aliphatic carbocycles. The molecule has 0 aromatic heterocycles. The Morgan fingerprint density at radius 2 is 0.450 bits per heavy atom. The first-order valence-corrected chi connectivity index (χ1v) is 27.8. The van der Waals surface area contributed by atoms with E-state index in [0.29, 0.717) is 0 Å². The molecule has 0 amide bonds. The standard InChI is InChI=1S/C80H56/c1-55-23-17-43-76-78(55)79-75(60-32-15-6-16-33-60)42-22-44-77(79)80(76,73-40-20-38-65(53-73)61-34-18-36-63(45-61)71-49-67(56-24-7-2-8-25-56)47-68(50-71)57-26-9-3-10-27-57)74-41-21-39-66(54-74)62-35-19-37-64(46-62)72-51-69(58-28-11-4-12-29-58)48-70(52-72)59-30-13-5-14-31-59/h2-54H,1H3. The largest absolute Gasteiger partial charge is 0.0714 e. The van der Waals surface area contributed by atoms with Crippen LogP contribution in [0, 0.1) is 6.92 Å². The summed E-state index contributed by atoms with van der Waals surface area (Å²) >= 11 is 0. The Hall–Kier alpha value is -10.1. The molecule has 0 saturated heterocycles. The van der Waals surface area contributed by atoms with Gasteiger partial charge in [-0.05, 0) is 207 Å². The second-order valence-electron chi connectivity index (χ2n) is 21.2. The molecule has 0 spiro atoms. The Kier molecular flexibility index (Phi) is 12.5. The molecular weight excluding hydrogens is 961 g/mol.